The van der Waals surface area contributed by atoms with Gasteiger partial charge < -0.3 is 20.8 Å². The van der Waals surface area contributed by atoms with Crippen molar-refractivity contribution >= 4 is 17.4 Å². The summed E-state index contributed by atoms with van der Waals surface area (Å²) in [6.07, 6.45) is 2.03. The van der Waals surface area contributed by atoms with Gasteiger partial charge in [-0.1, -0.05) is 32.0 Å². The minimum Gasteiger partial charge on any atom is -0.462 e. The van der Waals surface area contributed by atoms with E-state index in [1.54, 1.807) is 0 Å². The Balaban J connectivity index is 0. The first-order chi connectivity index (χ1) is 11.4. The van der Waals surface area contributed by atoms with Crippen LogP contribution in [0.1, 0.15) is 40.2 Å². The van der Waals surface area contributed by atoms with E-state index in [-0.39, 0.29) is 5.60 Å². The van der Waals surface area contributed by atoms with Gasteiger partial charge in [-0.2, -0.15) is 0 Å². The molecule has 0 aliphatic carbocycles. The Morgan fingerprint density at radius 2 is 1.83 bits per heavy atom. The fourth-order valence-electron chi connectivity index (χ4n) is 1.51. The molecule has 0 atom stereocenters. The molecule has 5 nitrogen and oxygen atoms in total. The summed E-state index contributed by atoms with van der Waals surface area (Å²) in [4.78, 5) is 12.8. The van der Waals surface area contributed by atoms with E-state index in [1.807, 2.05) is 53.9 Å². The average Bonchev–Trinajstić information content (AvgIpc) is 2.92. The minimum absolute atomic E-state index is 0.318. The first-order valence-corrected chi connectivity index (χ1v) is 8.34. The molecule has 0 unspecified atom stereocenters. The number of likely N-dealkylation sites (N-methyl/N-ethyl adjacent to an activating group) is 1. The van der Waals surface area contributed by atoms with Crippen molar-refractivity contribution in [2.75, 3.05) is 20.1 Å². The van der Waals surface area contributed by atoms with Gasteiger partial charge in [0.1, 0.15) is 5.60 Å². The predicted molar refractivity (Wildman–Crippen MR) is 104 cm³/mol. The molecule has 0 aliphatic rings. The summed E-state index contributed by atoms with van der Waals surface area (Å²) in [5, 5.41) is 4.21. The zero-order chi connectivity index (χ0) is 19.0. The Hall–Kier alpha value is -1.85. The monoisotopic (exact) mass is 337 g/mol. The van der Waals surface area contributed by atoms with E-state index in [2.05, 4.69) is 40.2 Å². The lowest BCUT2D eigenvalue weighted by Crippen LogP contribution is -2.17. The molecule has 4 N–H and O–H groups in total. The molecular weight excluding hydrogens is 302 g/mol. The van der Waals surface area contributed by atoms with E-state index in [0.717, 1.165) is 13.1 Å². The smallest absolute Gasteiger partial charge is 0.293 e. The number of aryl methyl sites for hydroxylation is 1. The van der Waals surface area contributed by atoms with Crippen molar-refractivity contribution < 1.29 is 9.53 Å². The molecule has 138 valence electrons. The molecule has 1 aromatic heterocycles. The standard InChI is InChI=1S/C9H9N.C5H10O2.C3H10N2.C2H6/c1-7-6-10-9-5-3-2-4-8(7)9;1-5(2,3)7-4-6;1-5-3-2-4;1-2/h2-6,10H,1H3;4H,1-3H3;5H,2-4H2,1H3;1-2H3. The third-order valence-corrected chi connectivity index (χ3v) is 2.59. The van der Waals surface area contributed by atoms with Crippen LogP contribution in [-0.4, -0.2) is 37.2 Å². The summed E-state index contributed by atoms with van der Waals surface area (Å²) in [6, 6.07) is 8.31. The lowest BCUT2D eigenvalue weighted by molar-refractivity contribution is -0.138. The number of aromatic nitrogens is 1. The second-order valence-electron chi connectivity index (χ2n) is 5.74. The summed E-state index contributed by atoms with van der Waals surface area (Å²) >= 11 is 0. The maximum absolute atomic E-state index is 9.60. The van der Waals surface area contributed by atoms with Crippen molar-refractivity contribution in [3.8, 4) is 0 Å². The lowest BCUT2D eigenvalue weighted by atomic mass is 10.2. The lowest BCUT2D eigenvalue weighted by Gasteiger charge is -2.14. The van der Waals surface area contributed by atoms with Crippen LogP contribution in [0.5, 0.6) is 0 Å². The van der Waals surface area contributed by atoms with Crippen molar-refractivity contribution in [3.63, 3.8) is 0 Å². The molecule has 0 saturated carbocycles. The minimum atomic E-state index is -0.318. The highest BCUT2D eigenvalue weighted by Crippen LogP contribution is 2.15. The van der Waals surface area contributed by atoms with Crippen LogP contribution in [-0.2, 0) is 9.53 Å². The van der Waals surface area contributed by atoms with Crippen molar-refractivity contribution in [2.45, 2.75) is 47.1 Å². The number of hydrogen-bond donors (Lipinski definition) is 3. The van der Waals surface area contributed by atoms with E-state index < -0.39 is 0 Å². The van der Waals surface area contributed by atoms with Crippen LogP contribution in [0.3, 0.4) is 0 Å². The molecule has 24 heavy (non-hydrogen) atoms. The van der Waals surface area contributed by atoms with Crippen LogP contribution in [0, 0.1) is 6.92 Å². The number of carbonyl (C=O) groups excluding carboxylic acids is 1. The van der Waals surface area contributed by atoms with Crippen molar-refractivity contribution in [2.24, 2.45) is 5.73 Å². The van der Waals surface area contributed by atoms with Crippen molar-refractivity contribution in [1.82, 2.24) is 10.3 Å². The maximum atomic E-state index is 9.60. The number of carbonyl (C=O) groups is 1. The highest BCUT2D eigenvalue weighted by atomic mass is 16.5. The molecule has 5 heteroatoms. The molecule has 1 heterocycles. The molecule has 0 radical (unpaired) electrons. The van der Waals surface area contributed by atoms with E-state index in [4.69, 9.17) is 5.73 Å². The molecular formula is C19H35N3O2. The molecule has 0 saturated heterocycles. The number of para-hydroxylation sites is 1. The van der Waals surface area contributed by atoms with Crippen molar-refractivity contribution in [1.29, 1.82) is 0 Å². The number of ether oxygens (including phenoxy) is 1. The van der Waals surface area contributed by atoms with Gasteiger partial charge in [0.2, 0.25) is 0 Å². The Kier molecular flexibility index (Phi) is 15.0. The molecule has 0 fully saturated rings. The van der Waals surface area contributed by atoms with Gasteiger partial charge >= 0.3 is 0 Å². The number of H-pyrrole nitrogens is 1. The summed E-state index contributed by atoms with van der Waals surface area (Å²) < 4.78 is 4.55. The zero-order valence-electron chi connectivity index (χ0n) is 16.3. The number of nitrogens with one attached hydrogen (secondary N) is 2. The second kappa shape index (κ2) is 14.7. The molecule has 2 rings (SSSR count). The largest absolute Gasteiger partial charge is 0.462 e. The maximum Gasteiger partial charge on any atom is 0.293 e. The van der Waals surface area contributed by atoms with Crippen LogP contribution in [0.4, 0.5) is 0 Å². The normalized spacial score (nSPS) is 9.50. The summed E-state index contributed by atoms with van der Waals surface area (Å²) in [5.74, 6) is 0. The summed E-state index contributed by atoms with van der Waals surface area (Å²) in [5.41, 5.74) is 7.30. The highest BCUT2D eigenvalue weighted by molar-refractivity contribution is 5.82. The first kappa shape index (κ1) is 24.4. The van der Waals surface area contributed by atoms with Gasteiger partial charge in [0.15, 0.2) is 0 Å². The molecule has 0 bridgehead atoms. The fraction of sp³-hybridized carbons (Fsp3) is 0.526. The fourth-order valence-corrected chi connectivity index (χ4v) is 1.51. The van der Waals surface area contributed by atoms with Crippen LogP contribution in [0.25, 0.3) is 10.9 Å². The van der Waals surface area contributed by atoms with Gasteiger partial charge in [-0.3, -0.25) is 4.79 Å². The average molecular weight is 338 g/mol. The van der Waals surface area contributed by atoms with Gasteiger partial charge in [0.25, 0.3) is 6.47 Å². The molecule has 0 amide bonds. The van der Waals surface area contributed by atoms with Crippen LogP contribution in [0.15, 0.2) is 30.5 Å². The number of hydrogen-bond acceptors (Lipinski definition) is 4. The number of nitrogens with two attached hydrogens (primary N) is 1. The van der Waals surface area contributed by atoms with Gasteiger partial charge in [-0.25, -0.2) is 0 Å². The summed E-state index contributed by atoms with van der Waals surface area (Å²) in [6.45, 7) is 13.7. The first-order valence-electron chi connectivity index (χ1n) is 8.34. The van der Waals surface area contributed by atoms with E-state index in [9.17, 15) is 4.79 Å². The second-order valence-corrected chi connectivity index (χ2v) is 5.74. The van der Waals surface area contributed by atoms with Crippen LogP contribution >= 0.6 is 0 Å². The number of aromatic amines is 1. The van der Waals surface area contributed by atoms with E-state index in [0.29, 0.717) is 6.47 Å². The van der Waals surface area contributed by atoms with Gasteiger partial charge in [0.05, 0.1) is 0 Å². The van der Waals surface area contributed by atoms with Crippen molar-refractivity contribution in [3.05, 3.63) is 36.0 Å². The number of benzene rings is 1. The van der Waals surface area contributed by atoms with Gasteiger partial charge in [0, 0.05) is 30.2 Å². The third kappa shape index (κ3) is 12.7. The third-order valence-electron chi connectivity index (χ3n) is 2.59. The molecule has 0 spiro atoms. The van der Waals surface area contributed by atoms with Gasteiger partial charge in [-0.05, 0) is 46.4 Å². The van der Waals surface area contributed by atoms with Crippen LogP contribution < -0.4 is 11.1 Å². The highest BCUT2D eigenvalue weighted by Gasteiger charge is 2.07. The predicted octanol–water partition coefficient (Wildman–Crippen LogP) is 3.62. The quantitative estimate of drug-likeness (QED) is 0.747. The zero-order valence-corrected chi connectivity index (χ0v) is 16.3. The number of rotatable bonds is 3. The summed E-state index contributed by atoms with van der Waals surface area (Å²) in [7, 11) is 1.88. The number of fused-ring (bicyclic) bond motifs is 1. The SMILES string of the molecule is CC.CC(C)(C)OC=O.CNCCN.Cc1c[nH]c2ccccc12. The molecule has 0 aliphatic heterocycles. The Labute approximate surface area is 147 Å². The Bertz CT molecular complexity index is 529. The van der Waals surface area contributed by atoms with E-state index >= 15 is 0 Å². The Morgan fingerprint density at radius 3 is 2.17 bits per heavy atom. The topological polar surface area (TPSA) is 80.1 Å². The Morgan fingerprint density at radius 1 is 1.25 bits per heavy atom. The molecule has 2 aromatic rings. The van der Waals surface area contributed by atoms with Crippen LogP contribution in [0.2, 0.25) is 0 Å². The van der Waals surface area contributed by atoms with Gasteiger partial charge in [-0.15, -0.1) is 0 Å². The molecule has 1 aromatic carbocycles. The van der Waals surface area contributed by atoms with E-state index in [1.165, 1.54) is 16.5 Å².